The third-order valence-corrected chi connectivity index (χ3v) is 4.81. The predicted molar refractivity (Wildman–Crippen MR) is 85.5 cm³/mol. The Kier molecular flexibility index (Phi) is 5.02. The third kappa shape index (κ3) is 2.66. The molecule has 2 heterocycles. The highest BCUT2D eigenvalue weighted by Gasteiger charge is 2.18. The number of methoxy groups -OCH3 is 1. The van der Waals surface area contributed by atoms with Crippen LogP contribution in [0.5, 0.6) is 0 Å². The van der Waals surface area contributed by atoms with Gasteiger partial charge in [-0.1, -0.05) is 5.11 Å². The lowest BCUT2D eigenvalue weighted by Gasteiger charge is -2.10. The van der Waals surface area contributed by atoms with E-state index < -0.39 is 0 Å². The number of rotatable bonds is 6. The van der Waals surface area contributed by atoms with Gasteiger partial charge in [-0.05, 0) is 24.9 Å². The summed E-state index contributed by atoms with van der Waals surface area (Å²) in [4.78, 5) is 29.2. The maximum Gasteiger partial charge on any atom is 0.332 e. The molecule has 2 aromatic rings. The molecule has 0 radical (unpaired) electrons. The van der Waals surface area contributed by atoms with Gasteiger partial charge in [-0.15, -0.1) is 11.3 Å². The van der Waals surface area contributed by atoms with E-state index in [1.165, 1.54) is 15.9 Å². The van der Waals surface area contributed by atoms with Gasteiger partial charge in [0.05, 0.1) is 25.1 Å². The first-order valence-electron chi connectivity index (χ1n) is 6.82. The fraction of sp³-hybridized carbons (Fsp3) is 0.538. The number of nitrogens with zero attached hydrogens (tertiary/aromatic N) is 5. The van der Waals surface area contributed by atoms with Gasteiger partial charge in [-0.25, -0.2) is 4.79 Å². The molecule has 0 unspecified atom stereocenters. The minimum Gasteiger partial charge on any atom is -0.383 e. The quantitative estimate of drug-likeness (QED) is 0.461. The number of thiophene rings is 1. The Morgan fingerprint density at radius 2 is 2.09 bits per heavy atom. The highest BCUT2D eigenvalue weighted by Crippen LogP contribution is 2.28. The third-order valence-electron chi connectivity index (χ3n) is 3.51. The molecule has 0 fully saturated rings. The summed E-state index contributed by atoms with van der Waals surface area (Å²) in [6, 6.07) is 0. The number of aromatic nitrogens is 2. The summed E-state index contributed by atoms with van der Waals surface area (Å²) >= 11 is 1.32. The predicted octanol–water partition coefficient (Wildman–Crippen LogP) is 2.01. The molecule has 0 saturated carbocycles. The SMILES string of the molecule is CCn1c(=O)c2c(C)c(CN=[N+]=[N-])sc2n(CCOC)c1=O. The minimum atomic E-state index is -0.339. The van der Waals surface area contributed by atoms with Crippen LogP contribution in [0.1, 0.15) is 17.4 Å². The number of azide groups is 1. The van der Waals surface area contributed by atoms with Gasteiger partial charge in [0.25, 0.3) is 5.56 Å². The molecule has 0 bridgehead atoms. The van der Waals surface area contributed by atoms with Crippen LogP contribution in [0, 0.1) is 6.92 Å². The molecule has 0 aliphatic carbocycles. The molecule has 0 spiro atoms. The molecule has 22 heavy (non-hydrogen) atoms. The van der Waals surface area contributed by atoms with Crippen LogP contribution in [0.3, 0.4) is 0 Å². The Bertz CT molecular complexity index is 857. The number of hydrogen-bond acceptors (Lipinski definition) is 5. The summed E-state index contributed by atoms with van der Waals surface area (Å²) in [5.74, 6) is 0. The lowest BCUT2D eigenvalue weighted by molar-refractivity contribution is 0.186. The summed E-state index contributed by atoms with van der Waals surface area (Å²) < 4.78 is 7.82. The second kappa shape index (κ2) is 6.78. The molecule has 8 nitrogen and oxygen atoms in total. The van der Waals surface area contributed by atoms with Crippen molar-refractivity contribution < 1.29 is 4.74 Å². The van der Waals surface area contributed by atoms with Crippen LogP contribution in [0.15, 0.2) is 14.7 Å². The van der Waals surface area contributed by atoms with E-state index in [0.717, 1.165) is 10.4 Å². The van der Waals surface area contributed by atoms with Gasteiger partial charge in [0.15, 0.2) is 0 Å². The van der Waals surface area contributed by atoms with E-state index in [1.807, 2.05) is 6.92 Å². The van der Waals surface area contributed by atoms with Crippen molar-refractivity contribution in [3.05, 3.63) is 41.7 Å². The highest BCUT2D eigenvalue weighted by molar-refractivity contribution is 7.18. The van der Waals surface area contributed by atoms with E-state index in [0.29, 0.717) is 29.9 Å². The van der Waals surface area contributed by atoms with Crippen molar-refractivity contribution in [3.8, 4) is 0 Å². The van der Waals surface area contributed by atoms with Crippen LogP contribution < -0.4 is 11.2 Å². The number of ether oxygens (including phenoxy) is 1. The largest absolute Gasteiger partial charge is 0.383 e. The zero-order chi connectivity index (χ0) is 16.3. The molecule has 118 valence electrons. The van der Waals surface area contributed by atoms with Crippen molar-refractivity contribution in [3.63, 3.8) is 0 Å². The fourth-order valence-corrected chi connectivity index (χ4v) is 3.58. The molecular weight excluding hydrogens is 306 g/mol. The Balaban J connectivity index is 2.83. The lowest BCUT2D eigenvalue weighted by Crippen LogP contribution is -2.39. The Morgan fingerprint density at radius 1 is 1.36 bits per heavy atom. The van der Waals surface area contributed by atoms with Gasteiger partial charge in [0, 0.05) is 23.4 Å². The van der Waals surface area contributed by atoms with Gasteiger partial charge in [0.2, 0.25) is 0 Å². The van der Waals surface area contributed by atoms with E-state index in [-0.39, 0.29) is 17.8 Å². The molecule has 0 amide bonds. The summed E-state index contributed by atoms with van der Waals surface area (Å²) in [5, 5.41) is 4.07. The molecule has 0 aromatic carbocycles. The second-order valence-corrected chi connectivity index (χ2v) is 5.78. The van der Waals surface area contributed by atoms with Crippen LogP contribution in [0.2, 0.25) is 0 Å². The standard InChI is InChI=1S/C13H17N5O3S/c1-4-17-11(19)10-8(2)9(7-15-16-14)22-12(10)18(13(17)20)5-6-21-3/h4-7H2,1-3H3. The number of aryl methyl sites for hydroxylation is 1. The molecule has 9 heteroatoms. The molecular formula is C13H17N5O3S. The van der Waals surface area contributed by atoms with Crippen LogP contribution in [0.25, 0.3) is 20.7 Å². The molecule has 0 saturated heterocycles. The van der Waals surface area contributed by atoms with E-state index in [9.17, 15) is 9.59 Å². The highest BCUT2D eigenvalue weighted by atomic mass is 32.1. The van der Waals surface area contributed by atoms with Crippen molar-refractivity contribution in [2.24, 2.45) is 5.11 Å². The maximum atomic E-state index is 12.5. The zero-order valence-corrected chi connectivity index (χ0v) is 13.5. The first kappa shape index (κ1) is 16.3. The monoisotopic (exact) mass is 323 g/mol. The summed E-state index contributed by atoms with van der Waals surface area (Å²) in [6.07, 6.45) is 0. The number of hydrogen-bond donors (Lipinski definition) is 0. The van der Waals surface area contributed by atoms with Gasteiger partial charge < -0.3 is 4.74 Å². The van der Waals surface area contributed by atoms with Crippen molar-refractivity contribution >= 4 is 21.6 Å². The molecule has 0 atom stereocenters. The maximum absolute atomic E-state index is 12.5. The van der Waals surface area contributed by atoms with Gasteiger partial charge in [0.1, 0.15) is 4.83 Å². The van der Waals surface area contributed by atoms with Gasteiger partial charge >= 0.3 is 5.69 Å². The molecule has 2 rings (SSSR count). The fourth-order valence-electron chi connectivity index (χ4n) is 2.35. The first-order chi connectivity index (χ1) is 10.6. The van der Waals surface area contributed by atoms with Crippen LogP contribution in [-0.4, -0.2) is 22.9 Å². The lowest BCUT2D eigenvalue weighted by atomic mass is 10.2. The molecule has 0 N–H and O–H groups in total. The van der Waals surface area contributed by atoms with Crippen molar-refractivity contribution in [1.29, 1.82) is 0 Å². The van der Waals surface area contributed by atoms with E-state index in [2.05, 4.69) is 10.0 Å². The Morgan fingerprint density at radius 3 is 2.68 bits per heavy atom. The Hall–Kier alpha value is -2.09. The molecule has 0 aliphatic rings. The van der Waals surface area contributed by atoms with Gasteiger partial charge in [-0.3, -0.25) is 13.9 Å². The van der Waals surface area contributed by atoms with Gasteiger partial charge in [-0.2, -0.15) is 0 Å². The zero-order valence-electron chi connectivity index (χ0n) is 12.7. The average Bonchev–Trinajstić information content (AvgIpc) is 2.82. The summed E-state index contributed by atoms with van der Waals surface area (Å²) in [6.45, 7) is 4.80. The summed E-state index contributed by atoms with van der Waals surface area (Å²) in [7, 11) is 1.56. The minimum absolute atomic E-state index is 0.172. The first-order valence-corrected chi connectivity index (χ1v) is 7.63. The second-order valence-electron chi connectivity index (χ2n) is 4.70. The Labute approximate surface area is 130 Å². The van der Waals surface area contributed by atoms with E-state index in [4.69, 9.17) is 10.3 Å². The molecule has 0 aliphatic heterocycles. The topological polar surface area (TPSA) is 102 Å². The normalized spacial score (nSPS) is 10.9. The van der Waals surface area contributed by atoms with Crippen LogP contribution in [-0.2, 0) is 24.4 Å². The van der Waals surface area contributed by atoms with E-state index >= 15 is 0 Å². The number of fused-ring (bicyclic) bond motifs is 1. The van der Waals surface area contributed by atoms with Crippen molar-refractivity contribution in [2.45, 2.75) is 33.5 Å². The van der Waals surface area contributed by atoms with Crippen LogP contribution in [0.4, 0.5) is 0 Å². The van der Waals surface area contributed by atoms with Crippen LogP contribution >= 0.6 is 11.3 Å². The van der Waals surface area contributed by atoms with E-state index in [1.54, 1.807) is 18.6 Å². The summed E-state index contributed by atoms with van der Waals surface area (Å²) in [5.41, 5.74) is 8.61. The average molecular weight is 323 g/mol. The smallest absolute Gasteiger partial charge is 0.332 e. The van der Waals surface area contributed by atoms with Crippen molar-refractivity contribution in [2.75, 3.05) is 13.7 Å². The van der Waals surface area contributed by atoms with Crippen molar-refractivity contribution in [1.82, 2.24) is 9.13 Å². The molecule has 2 aromatic heterocycles.